The number of esters is 1. The summed E-state index contributed by atoms with van der Waals surface area (Å²) in [6.07, 6.45) is 9.19. The van der Waals surface area contributed by atoms with Crippen molar-refractivity contribution in [2.75, 3.05) is 19.7 Å². The molecule has 0 rings (SSSR count). The number of rotatable bonds is 12. The predicted molar refractivity (Wildman–Crippen MR) is 81.1 cm³/mol. The van der Waals surface area contributed by atoms with Gasteiger partial charge in [-0.3, -0.25) is 10.0 Å². The first-order valence-corrected chi connectivity index (χ1v) is 8.01. The molecule has 0 aromatic rings. The standard InChI is InChI=1S/C15H30N2O4/c1-3-5-6-7-8-9-10-11-12-17(20)15(19)16-13-14(18)21-4-2/h20H,3-13H2,1-2H3,(H,16,19). The van der Waals surface area contributed by atoms with Gasteiger partial charge in [0.2, 0.25) is 0 Å². The van der Waals surface area contributed by atoms with E-state index < -0.39 is 12.0 Å². The van der Waals surface area contributed by atoms with Gasteiger partial charge in [-0.25, -0.2) is 9.86 Å². The van der Waals surface area contributed by atoms with E-state index in [-0.39, 0.29) is 19.7 Å². The molecule has 0 unspecified atom stereocenters. The highest BCUT2D eigenvalue weighted by Gasteiger charge is 2.11. The molecule has 0 aromatic heterocycles. The van der Waals surface area contributed by atoms with Gasteiger partial charge >= 0.3 is 12.0 Å². The molecule has 0 saturated carbocycles. The maximum absolute atomic E-state index is 11.4. The lowest BCUT2D eigenvalue weighted by atomic mass is 10.1. The Morgan fingerprint density at radius 2 is 1.57 bits per heavy atom. The van der Waals surface area contributed by atoms with Gasteiger partial charge in [0.15, 0.2) is 0 Å². The van der Waals surface area contributed by atoms with E-state index in [1.807, 2.05) is 0 Å². The zero-order valence-electron chi connectivity index (χ0n) is 13.4. The normalized spacial score (nSPS) is 10.2. The minimum atomic E-state index is -0.661. The quantitative estimate of drug-likeness (QED) is 0.251. The molecule has 0 radical (unpaired) electrons. The number of unbranched alkanes of at least 4 members (excludes halogenated alkanes) is 7. The van der Waals surface area contributed by atoms with Gasteiger partial charge in [0.05, 0.1) is 13.2 Å². The third-order valence-corrected chi connectivity index (χ3v) is 3.15. The Morgan fingerprint density at radius 3 is 2.14 bits per heavy atom. The smallest absolute Gasteiger partial charge is 0.341 e. The first-order chi connectivity index (χ1) is 10.1. The maximum Gasteiger partial charge on any atom is 0.341 e. The van der Waals surface area contributed by atoms with Crippen molar-refractivity contribution in [1.82, 2.24) is 10.4 Å². The Bertz CT molecular complexity index is 285. The van der Waals surface area contributed by atoms with E-state index in [0.29, 0.717) is 5.06 Å². The number of nitrogens with one attached hydrogen (secondary N) is 1. The molecule has 0 saturated heterocycles. The zero-order valence-corrected chi connectivity index (χ0v) is 13.4. The molecule has 2 amide bonds. The second-order valence-electron chi connectivity index (χ2n) is 5.06. The number of ether oxygens (including phenoxy) is 1. The average Bonchev–Trinajstić information content (AvgIpc) is 2.47. The van der Waals surface area contributed by atoms with Crippen LogP contribution in [0.2, 0.25) is 0 Å². The number of carbonyl (C=O) groups is 2. The molecular weight excluding hydrogens is 272 g/mol. The topological polar surface area (TPSA) is 78.9 Å². The van der Waals surface area contributed by atoms with Gasteiger partial charge in [0.25, 0.3) is 0 Å². The van der Waals surface area contributed by atoms with Crippen LogP contribution in [0, 0.1) is 0 Å². The summed E-state index contributed by atoms with van der Waals surface area (Å²) in [4.78, 5) is 22.5. The summed E-state index contributed by atoms with van der Waals surface area (Å²) in [5.41, 5.74) is 0. The molecule has 0 atom stereocenters. The number of urea groups is 1. The molecule has 0 bridgehead atoms. The molecule has 0 aliphatic carbocycles. The summed E-state index contributed by atoms with van der Waals surface area (Å²) < 4.78 is 4.67. The van der Waals surface area contributed by atoms with Crippen molar-refractivity contribution < 1.29 is 19.5 Å². The number of nitrogens with zero attached hydrogens (tertiary/aromatic N) is 1. The summed E-state index contributed by atoms with van der Waals surface area (Å²) in [5.74, 6) is -0.508. The van der Waals surface area contributed by atoms with Crippen LogP contribution in [-0.2, 0) is 9.53 Å². The van der Waals surface area contributed by atoms with Crippen LogP contribution in [0.3, 0.4) is 0 Å². The molecule has 2 N–H and O–H groups in total. The van der Waals surface area contributed by atoms with Crippen molar-refractivity contribution in [2.45, 2.75) is 65.2 Å². The second kappa shape index (κ2) is 13.7. The van der Waals surface area contributed by atoms with Crippen LogP contribution in [0.25, 0.3) is 0 Å². The van der Waals surface area contributed by atoms with Gasteiger partial charge in [0.1, 0.15) is 6.54 Å². The summed E-state index contributed by atoms with van der Waals surface area (Å²) in [6.45, 7) is 4.23. The Hall–Kier alpha value is -1.30. The maximum atomic E-state index is 11.4. The van der Waals surface area contributed by atoms with Crippen LogP contribution in [-0.4, -0.2) is 42.0 Å². The van der Waals surface area contributed by atoms with Crippen molar-refractivity contribution in [3.63, 3.8) is 0 Å². The Labute approximate surface area is 127 Å². The minimum absolute atomic E-state index is 0.221. The fraction of sp³-hybridized carbons (Fsp3) is 0.867. The average molecular weight is 302 g/mol. The van der Waals surface area contributed by atoms with Crippen LogP contribution in [0.5, 0.6) is 0 Å². The first-order valence-electron chi connectivity index (χ1n) is 8.01. The Kier molecular flexibility index (Phi) is 12.8. The molecule has 6 nitrogen and oxygen atoms in total. The van der Waals surface area contributed by atoms with E-state index in [1.165, 1.54) is 32.1 Å². The third-order valence-electron chi connectivity index (χ3n) is 3.15. The van der Waals surface area contributed by atoms with E-state index in [2.05, 4.69) is 17.0 Å². The SMILES string of the molecule is CCCCCCCCCCN(O)C(=O)NCC(=O)OCC. The summed E-state index contributed by atoms with van der Waals surface area (Å²) in [6, 6.07) is -0.661. The van der Waals surface area contributed by atoms with Crippen molar-refractivity contribution in [3.05, 3.63) is 0 Å². The van der Waals surface area contributed by atoms with Gasteiger partial charge < -0.3 is 10.1 Å². The third kappa shape index (κ3) is 12.2. The fourth-order valence-electron chi connectivity index (χ4n) is 1.95. The van der Waals surface area contributed by atoms with E-state index in [0.717, 1.165) is 19.3 Å². The van der Waals surface area contributed by atoms with E-state index in [1.54, 1.807) is 6.92 Å². The van der Waals surface area contributed by atoms with Crippen molar-refractivity contribution in [2.24, 2.45) is 0 Å². The van der Waals surface area contributed by atoms with Gasteiger partial charge in [-0.2, -0.15) is 0 Å². The van der Waals surface area contributed by atoms with Crippen LogP contribution < -0.4 is 5.32 Å². The number of hydroxylamine groups is 2. The number of hydrogen-bond acceptors (Lipinski definition) is 4. The summed E-state index contributed by atoms with van der Waals surface area (Å²) in [5, 5.41) is 12.4. The molecule has 0 fully saturated rings. The molecule has 6 heteroatoms. The lowest BCUT2D eigenvalue weighted by Crippen LogP contribution is -2.41. The van der Waals surface area contributed by atoms with Crippen molar-refractivity contribution in [3.8, 4) is 0 Å². The van der Waals surface area contributed by atoms with Gasteiger partial charge in [-0.1, -0.05) is 51.9 Å². The summed E-state index contributed by atoms with van der Waals surface area (Å²) in [7, 11) is 0. The molecule has 0 aliphatic heterocycles. The molecule has 0 aromatic carbocycles. The molecule has 124 valence electrons. The summed E-state index contributed by atoms with van der Waals surface area (Å²) >= 11 is 0. The highest BCUT2D eigenvalue weighted by Crippen LogP contribution is 2.08. The van der Waals surface area contributed by atoms with Gasteiger partial charge in [0, 0.05) is 0 Å². The van der Waals surface area contributed by atoms with Crippen molar-refractivity contribution in [1.29, 1.82) is 0 Å². The lowest BCUT2D eigenvalue weighted by molar-refractivity contribution is -0.142. The van der Waals surface area contributed by atoms with Crippen LogP contribution >= 0.6 is 0 Å². The Morgan fingerprint density at radius 1 is 1.00 bits per heavy atom. The molecule has 0 spiro atoms. The fourth-order valence-corrected chi connectivity index (χ4v) is 1.95. The predicted octanol–water partition coefficient (Wildman–Crippen LogP) is 3.09. The van der Waals surface area contributed by atoms with Gasteiger partial charge in [-0.15, -0.1) is 0 Å². The van der Waals surface area contributed by atoms with Crippen molar-refractivity contribution >= 4 is 12.0 Å². The number of amides is 2. The molecule has 0 heterocycles. The number of hydrogen-bond donors (Lipinski definition) is 2. The van der Waals surface area contributed by atoms with Crippen LogP contribution in [0.4, 0.5) is 4.79 Å². The molecular formula is C15H30N2O4. The molecule has 0 aliphatic rings. The van der Waals surface area contributed by atoms with Gasteiger partial charge in [-0.05, 0) is 13.3 Å². The van der Waals surface area contributed by atoms with E-state index in [4.69, 9.17) is 0 Å². The highest BCUT2D eigenvalue weighted by atomic mass is 16.5. The Balaban J connectivity index is 3.49. The lowest BCUT2D eigenvalue weighted by Gasteiger charge is -2.15. The van der Waals surface area contributed by atoms with Crippen LogP contribution in [0.1, 0.15) is 65.2 Å². The number of carbonyl (C=O) groups excluding carboxylic acids is 2. The van der Waals surface area contributed by atoms with Crippen LogP contribution in [0.15, 0.2) is 0 Å². The largest absolute Gasteiger partial charge is 0.465 e. The highest BCUT2D eigenvalue weighted by molar-refractivity contribution is 5.80. The van der Waals surface area contributed by atoms with E-state index >= 15 is 0 Å². The second-order valence-corrected chi connectivity index (χ2v) is 5.06. The zero-order chi connectivity index (χ0) is 15.9. The molecule has 21 heavy (non-hydrogen) atoms. The van der Waals surface area contributed by atoms with E-state index in [9.17, 15) is 14.8 Å². The monoisotopic (exact) mass is 302 g/mol. The minimum Gasteiger partial charge on any atom is -0.465 e. The first kappa shape index (κ1) is 19.7.